The number of carbonyl (C=O) groups excluding carboxylic acids is 1. The molecule has 1 aromatic heterocycles. The first-order valence-corrected chi connectivity index (χ1v) is 5.93. The highest BCUT2D eigenvalue weighted by molar-refractivity contribution is 14.1. The minimum Gasteiger partial charge on any atom is -0.462 e. The molecule has 94 valence electrons. The lowest BCUT2D eigenvalue weighted by molar-refractivity contribution is 0.0512. The van der Waals surface area contributed by atoms with Crippen molar-refractivity contribution in [2.24, 2.45) is 5.73 Å². The molecule has 0 bridgehead atoms. The largest absolute Gasteiger partial charge is 0.462 e. The van der Waals surface area contributed by atoms with Gasteiger partial charge in [-0.1, -0.05) is 0 Å². The molecule has 1 rings (SSSR count). The van der Waals surface area contributed by atoms with Crippen LogP contribution in [-0.4, -0.2) is 17.6 Å². The van der Waals surface area contributed by atoms with Crippen molar-refractivity contribution in [3.8, 4) is 0 Å². The molecule has 0 aliphatic carbocycles. The van der Waals surface area contributed by atoms with E-state index in [-0.39, 0.29) is 33.5 Å². The molecule has 2 N–H and O–H groups in total. The van der Waals surface area contributed by atoms with E-state index in [1.54, 1.807) is 29.5 Å². The Labute approximate surface area is 111 Å². The van der Waals surface area contributed by atoms with Crippen LogP contribution in [0, 0.1) is 3.70 Å². The fraction of sp³-hybridized carbons (Fsp3) is 0.400. The van der Waals surface area contributed by atoms with Gasteiger partial charge in [0.1, 0.15) is 9.26 Å². The molecule has 7 heteroatoms. The normalized spacial score (nSPS) is 10.7. The molecule has 1 aromatic rings. The number of pyridine rings is 1. The zero-order valence-electron chi connectivity index (χ0n) is 9.04. The van der Waals surface area contributed by atoms with E-state index in [0.29, 0.717) is 0 Å². The van der Waals surface area contributed by atoms with Crippen LogP contribution >= 0.6 is 22.6 Å². The smallest absolute Gasteiger partial charge is 0.341 e. The highest BCUT2D eigenvalue weighted by Gasteiger charge is 2.26. The van der Waals surface area contributed by atoms with Crippen molar-refractivity contribution in [3.63, 3.8) is 0 Å². The number of ether oxygens (including phenoxy) is 1. The van der Waals surface area contributed by atoms with Gasteiger partial charge in [0.2, 0.25) is 0 Å². The lowest BCUT2D eigenvalue weighted by Crippen LogP contribution is -2.15. The van der Waals surface area contributed by atoms with Gasteiger partial charge >= 0.3 is 5.97 Å². The summed E-state index contributed by atoms with van der Waals surface area (Å²) < 4.78 is 30.9. The zero-order valence-corrected chi connectivity index (χ0v) is 11.2. The molecule has 0 amide bonds. The van der Waals surface area contributed by atoms with Gasteiger partial charge in [-0.2, -0.15) is 0 Å². The lowest BCUT2D eigenvalue weighted by atomic mass is 10.1. The Morgan fingerprint density at radius 1 is 1.65 bits per heavy atom. The summed E-state index contributed by atoms with van der Waals surface area (Å²) in [6.07, 6.45) is -1.53. The molecule has 0 saturated carbocycles. The fourth-order valence-corrected chi connectivity index (χ4v) is 2.00. The van der Waals surface area contributed by atoms with Crippen LogP contribution in [0.4, 0.5) is 8.78 Å². The number of hydrogen-bond acceptors (Lipinski definition) is 4. The Hall–Kier alpha value is -0.830. The van der Waals surface area contributed by atoms with Gasteiger partial charge < -0.3 is 10.5 Å². The average Bonchev–Trinajstić information content (AvgIpc) is 2.28. The van der Waals surface area contributed by atoms with E-state index in [1.807, 2.05) is 0 Å². The van der Waals surface area contributed by atoms with Crippen molar-refractivity contribution in [2.45, 2.75) is 19.9 Å². The number of halogens is 3. The summed E-state index contributed by atoms with van der Waals surface area (Å²) in [6, 6.07) is 0. The number of aromatic nitrogens is 1. The molecule has 0 aromatic carbocycles. The summed E-state index contributed by atoms with van der Waals surface area (Å²) in [4.78, 5) is 15.5. The maximum absolute atomic E-state index is 13.0. The minimum absolute atomic E-state index is 0.101. The van der Waals surface area contributed by atoms with Crippen LogP contribution < -0.4 is 5.73 Å². The summed E-state index contributed by atoms with van der Waals surface area (Å²) in [5.41, 5.74) is 4.94. The first-order valence-electron chi connectivity index (χ1n) is 4.85. The second-order valence-electron chi connectivity index (χ2n) is 3.09. The van der Waals surface area contributed by atoms with Crippen LogP contribution in [0.25, 0.3) is 0 Å². The maximum Gasteiger partial charge on any atom is 0.341 e. The van der Waals surface area contributed by atoms with Crippen LogP contribution in [0.5, 0.6) is 0 Å². The molecule has 0 atom stereocenters. The van der Waals surface area contributed by atoms with Crippen molar-refractivity contribution < 1.29 is 18.3 Å². The molecular formula is C10H11F2IN2O2. The first-order chi connectivity index (χ1) is 8.02. The molecular weight excluding hydrogens is 345 g/mol. The van der Waals surface area contributed by atoms with Crippen LogP contribution in [0.2, 0.25) is 0 Å². The van der Waals surface area contributed by atoms with Crippen molar-refractivity contribution in [1.29, 1.82) is 0 Å². The van der Waals surface area contributed by atoms with Crippen molar-refractivity contribution in [2.75, 3.05) is 6.61 Å². The Morgan fingerprint density at radius 3 is 2.76 bits per heavy atom. The monoisotopic (exact) mass is 356 g/mol. The van der Waals surface area contributed by atoms with Gasteiger partial charge in [0.05, 0.1) is 6.61 Å². The summed E-state index contributed by atoms with van der Waals surface area (Å²) in [6.45, 7) is 1.62. The lowest BCUT2D eigenvalue weighted by Gasteiger charge is -2.13. The van der Waals surface area contributed by atoms with E-state index >= 15 is 0 Å². The third-order valence-corrected chi connectivity index (χ3v) is 2.89. The molecule has 0 aliphatic rings. The number of nitrogens with zero attached hydrogens (tertiary/aromatic N) is 1. The van der Waals surface area contributed by atoms with Crippen LogP contribution in [0.3, 0.4) is 0 Å². The molecule has 0 radical (unpaired) electrons. The second kappa shape index (κ2) is 6.20. The maximum atomic E-state index is 13.0. The SMILES string of the molecule is CCOC(=O)c1c(I)ncc(CN)c1C(F)F. The van der Waals surface area contributed by atoms with E-state index in [2.05, 4.69) is 4.98 Å². The summed E-state index contributed by atoms with van der Waals surface area (Å²) in [7, 11) is 0. The Morgan fingerprint density at radius 2 is 2.29 bits per heavy atom. The van der Waals surface area contributed by atoms with Crippen molar-refractivity contribution in [1.82, 2.24) is 4.98 Å². The predicted molar refractivity (Wildman–Crippen MR) is 65.8 cm³/mol. The highest BCUT2D eigenvalue weighted by Crippen LogP contribution is 2.29. The fourth-order valence-electron chi connectivity index (χ4n) is 1.35. The summed E-state index contributed by atoms with van der Waals surface area (Å²) in [5.74, 6) is -0.796. The van der Waals surface area contributed by atoms with Crippen LogP contribution in [0.1, 0.15) is 34.8 Å². The highest BCUT2D eigenvalue weighted by atomic mass is 127. The Bertz CT molecular complexity index is 427. The molecule has 1 heterocycles. The third-order valence-electron chi connectivity index (χ3n) is 2.07. The predicted octanol–water partition coefficient (Wildman–Crippen LogP) is 2.26. The first kappa shape index (κ1) is 14.2. The number of nitrogens with two attached hydrogens (primary N) is 1. The van der Waals surface area contributed by atoms with E-state index in [1.165, 1.54) is 6.20 Å². The third kappa shape index (κ3) is 3.09. The zero-order chi connectivity index (χ0) is 13.0. The van der Waals surface area contributed by atoms with E-state index < -0.39 is 12.4 Å². The van der Waals surface area contributed by atoms with Crippen molar-refractivity contribution >= 4 is 28.6 Å². The van der Waals surface area contributed by atoms with Gasteiger partial charge in [0, 0.05) is 18.3 Å². The van der Waals surface area contributed by atoms with Gasteiger partial charge in [0.25, 0.3) is 6.43 Å². The van der Waals surface area contributed by atoms with Crippen molar-refractivity contribution in [3.05, 3.63) is 26.6 Å². The van der Waals surface area contributed by atoms with Crippen LogP contribution in [-0.2, 0) is 11.3 Å². The van der Waals surface area contributed by atoms with E-state index in [4.69, 9.17) is 10.5 Å². The van der Waals surface area contributed by atoms with Crippen LogP contribution in [0.15, 0.2) is 6.20 Å². The topological polar surface area (TPSA) is 65.2 Å². The van der Waals surface area contributed by atoms with E-state index in [0.717, 1.165) is 0 Å². The Balaban J connectivity index is 3.38. The average molecular weight is 356 g/mol. The Kier molecular flexibility index (Phi) is 5.19. The summed E-state index contributed by atoms with van der Waals surface area (Å²) >= 11 is 1.72. The number of carbonyl (C=O) groups is 1. The number of alkyl halides is 2. The molecule has 0 spiro atoms. The van der Waals surface area contributed by atoms with Gasteiger partial charge in [-0.3, -0.25) is 0 Å². The quantitative estimate of drug-likeness (QED) is 0.511. The van der Waals surface area contributed by atoms with E-state index in [9.17, 15) is 13.6 Å². The summed E-state index contributed by atoms with van der Waals surface area (Å²) in [5, 5.41) is 0. The van der Waals surface area contributed by atoms with Gasteiger partial charge in [0.15, 0.2) is 0 Å². The van der Waals surface area contributed by atoms with Gasteiger partial charge in [-0.15, -0.1) is 0 Å². The number of hydrogen-bond donors (Lipinski definition) is 1. The molecule has 0 aliphatic heterocycles. The van der Waals surface area contributed by atoms with Gasteiger partial charge in [-0.05, 0) is 35.1 Å². The molecule has 17 heavy (non-hydrogen) atoms. The second-order valence-corrected chi connectivity index (χ2v) is 4.11. The minimum atomic E-state index is -2.79. The molecule has 0 unspecified atom stereocenters. The number of esters is 1. The number of rotatable bonds is 4. The molecule has 4 nitrogen and oxygen atoms in total. The molecule has 0 saturated heterocycles. The van der Waals surface area contributed by atoms with Gasteiger partial charge in [-0.25, -0.2) is 18.6 Å². The molecule has 0 fully saturated rings. The standard InChI is InChI=1S/C10H11F2IN2O2/c1-2-17-10(16)7-6(8(11)12)5(3-14)4-15-9(7)13/h4,8H,2-3,14H2,1H3.